The number of nitrogens with zero attached hydrogens (tertiary/aromatic N) is 2. The Kier molecular flexibility index (Phi) is 5.55. The third-order valence-corrected chi connectivity index (χ3v) is 6.42. The summed E-state index contributed by atoms with van der Waals surface area (Å²) in [5.74, 6) is -0.439. The van der Waals surface area contributed by atoms with E-state index in [1.165, 1.54) is 4.57 Å². The largest absolute Gasteiger partial charge is 0.494 e. The monoisotopic (exact) mass is 436 g/mol. The fraction of sp³-hybridized carbons (Fsp3) is 0.417. The zero-order valence-corrected chi connectivity index (χ0v) is 19.5. The van der Waals surface area contributed by atoms with Crippen LogP contribution in [0.4, 0.5) is 0 Å². The number of hydrogen-bond acceptors (Lipinski definition) is 5. The standard InChI is InChI=1S/C24H29BN2O5/c1-7-30-20(28)15-26-19-10-8-9-16(2)21(19)27(22(26)29)18-13-11-17(12-14-18)25-31-23(3,4)24(5,6)32-25/h8-14H,7,15H2,1-6H3. The van der Waals surface area contributed by atoms with Crippen LogP contribution in [0.1, 0.15) is 40.2 Å². The summed E-state index contributed by atoms with van der Waals surface area (Å²) in [7, 11) is -0.474. The number of carbonyl (C=O) groups excluding carboxylic acids is 1. The first-order chi connectivity index (χ1) is 15.1. The molecule has 8 heteroatoms. The molecule has 3 aromatic rings. The van der Waals surface area contributed by atoms with Crippen molar-refractivity contribution in [2.24, 2.45) is 0 Å². The van der Waals surface area contributed by atoms with Crippen molar-refractivity contribution < 1.29 is 18.8 Å². The lowest BCUT2D eigenvalue weighted by molar-refractivity contribution is -0.143. The second-order valence-corrected chi connectivity index (χ2v) is 9.13. The Morgan fingerprint density at radius 1 is 1.03 bits per heavy atom. The number of para-hydroxylation sites is 1. The van der Waals surface area contributed by atoms with Gasteiger partial charge in [-0.15, -0.1) is 0 Å². The van der Waals surface area contributed by atoms with Crippen LogP contribution in [0.3, 0.4) is 0 Å². The number of fused-ring (bicyclic) bond motifs is 1. The number of rotatable bonds is 5. The molecular formula is C24H29BN2O5. The molecule has 0 amide bonds. The molecule has 0 unspecified atom stereocenters. The molecule has 1 fully saturated rings. The van der Waals surface area contributed by atoms with Crippen LogP contribution in [0.15, 0.2) is 47.3 Å². The quantitative estimate of drug-likeness (QED) is 0.454. The van der Waals surface area contributed by atoms with Gasteiger partial charge in [0.2, 0.25) is 0 Å². The molecule has 0 N–H and O–H groups in total. The molecule has 0 radical (unpaired) electrons. The molecule has 168 valence electrons. The Balaban J connectivity index is 1.75. The van der Waals surface area contributed by atoms with Crippen LogP contribution in [0.25, 0.3) is 16.7 Å². The van der Waals surface area contributed by atoms with Gasteiger partial charge >= 0.3 is 18.8 Å². The highest BCUT2D eigenvalue weighted by atomic mass is 16.7. The normalized spacial score (nSPS) is 17.1. The molecule has 1 saturated heterocycles. The number of aryl methyl sites for hydroxylation is 1. The summed E-state index contributed by atoms with van der Waals surface area (Å²) >= 11 is 0. The molecule has 0 saturated carbocycles. The van der Waals surface area contributed by atoms with Crippen LogP contribution < -0.4 is 11.2 Å². The average Bonchev–Trinajstić information content (AvgIpc) is 3.12. The van der Waals surface area contributed by atoms with Crippen molar-refractivity contribution in [3.8, 4) is 5.69 Å². The van der Waals surface area contributed by atoms with Gasteiger partial charge in [0.1, 0.15) is 6.54 Å². The van der Waals surface area contributed by atoms with Crippen LogP contribution in [-0.2, 0) is 25.4 Å². The maximum atomic E-state index is 13.4. The number of imidazole rings is 1. The first kappa shape index (κ1) is 22.4. The van der Waals surface area contributed by atoms with Crippen LogP contribution in [0.2, 0.25) is 0 Å². The van der Waals surface area contributed by atoms with Gasteiger partial charge in [-0.25, -0.2) is 4.79 Å². The summed E-state index contributed by atoms with van der Waals surface area (Å²) in [5.41, 5.74) is 2.85. The maximum Gasteiger partial charge on any atom is 0.494 e. The average molecular weight is 436 g/mol. The lowest BCUT2D eigenvalue weighted by Gasteiger charge is -2.32. The summed E-state index contributed by atoms with van der Waals surface area (Å²) in [6.45, 7) is 11.9. The van der Waals surface area contributed by atoms with Crippen molar-refractivity contribution >= 4 is 29.6 Å². The molecule has 32 heavy (non-hydrogen) atoms. The van der Waals surface area contributed by atoms with Crippen molar-refractivity contribution in [3.05, 3.63) is 58.5 Å². The van der Waals surface area contributed by atoms with Gasteiger partial charge in [-0.2, -0.15) is 0 Å². The van der Waals surface area contributed by atoms with Crippen LogP contribution in [0, 0.1) is 6.92 Å². The van der Waals surface area contributed by atoms with Crippen LogP contribution >= 0.6 is 0 Å². The van der Waals surface area contributed by atoms with Crippen LogP contribution in [0.5, 0.6) is 0 Å². The van der Waals surface area contributed by atoms with E-state index < -0.39 is 24.3 Å². The van der Waals surface area contributed by atoms with Crippen molar-refractivity contribution in [1.82, 2.24) is 9.13 Å². The molecule has 1 aromatic heterocycles. The number of ether oxygens (including phenoxy) is 1. The van der Waals surface area contributed by atoms with Crippen molar-refractivity contribution in [2.45, 2.75) is 59.3 Å². The van der Waals surface area contributed by atoms with E-state index in [4.69, 9.17) is 14.0 Å². The van der Waals surface area contributed by atoms with E-state index in [0.717, 1.165) is 16.5 Å². The molecule has 0 bridgehead atoms. The Bertz CT molecular complexity index is 1210. The van der Waals surface area contributed by atoms with E-state index in [2.05, 4.69) is 0 Å². The maximum absolute atomic E-state index is 13.4. The summed E-state index contributed by atoms with van der Waals surface area (Å²) in [5, 5.41) is 0. The number of hydrogen-bond donors (Lipinski definition) is 0. The van der Waals surface area contributed by atoms with Crippen LogP contribution in [-0.4, -0.2) is 40.0 Å². The highest BCUT2D eigenvalue weighted by molar-refractivity contribution is 6.62. The van der Waals surface area contributed by atoms with E-state index in [0.29, 0.717) is 11.2 Å². The fourth-order valence-corrected chi connectivity index (χ4v) is 3.96. The highest BCUT2D eigenvalue weighted by Crippen LogP contribution is 2.36. The van der Waals surface area contributed by atoms with Gasteiger partial charge in [0.25, 0.3) is 0 Å². The highest BCUT2D eigenvalue weighted by Gasteiger charge is 2.51. The third kappa shape index (κ3) is 3.67. The van der Waals surface area contributed by atoms with Gasteiger partial charge in [0.05, 0.1) is 34.5 Å². The Labute approximate surface area is 188 Å². The smallest absolute Gasteiger partial charge is 0.465 e. The number of carbonyl (C=O) groups is 1. The Morgan fingerprint density at radius 3 is 2.25 bits per heavy atom. The topological polar surface area (TPSA) is 71.7 Å². The van der Waals surface area contributed by atoms with Gasteiger partial charge < -0.3 is 14.0 Å². The van der Waals surface area contributed by atoms with E-state index in [1.807, 2.05) is 77.1 Å². The molecule has 4 rings (SSSR count). The summed E-state index contributed by atoms with van der Waals surface area (Å²) in [6.07, 6.45) is 0. The summed E-state index contributed by atoms with van der Waals surface area (Å²) in [4.78, 5) is 25.5. The lowest BCUT2D eigenvalue weighted by Crippen LogP contribution is -2.41. The van der Waals surface area contributed by atoms with Gasteiger partial charge in [-0.1, -0.05) is 24.3 Å². The lowest BCUT2D eigenvalue weighted by atomic mass is 9.79. The van der Waals surface area contributed by atoms with Gasteiger partial charge in [0.15, 0.2) is 0 Å². The van der Waals surface area contributed by atoms with Crippen molar-refractivity contribution in [3.63, 3.8) is 0 Å². The molecule has 0 aliphatic carbocycles. The number of benzene rings is 2. The zero-order chi connectivity index (χ0) is 23.3. The molecule has 2 heterocycles. The SMILES string of the molecule is CCOC(=O)Cn1c(=O)n(-c2ccc(B3OC(C)(C)C(C)(C)O3)cc2)c2c(C)cccc21. The second-order valence-electron chi connectivity index (χ2n) is 9.13. The summed E-state index contributed by atoms with van der Waals surface area (Å²) < 4.78 is 20.4. The predicted octanol–water partition coefficient (Wildman–Crippen LogP) is 2.96. The van der Waals surface area contributed by atoms with E-state index >= 15 is 0 Å². The minimum atomic E-state index is -0.474. The minimum Gasteiger partial charge on any atom is -0.465 e. The molecule has 2 aromatic carbocycles. The minimum absolute atomic E-state index is 0.133. The predicted molar refractivity (Wildman–Crippen MR) is 125 cm³/mol. The molecule has 0 atom stereocenters. The first-order valence-corrected chi connectivity index (χ1v) is 10.9. The molecule has 0 spiro atoms. The Hall–Kier alpha value is -2.84. The molecular weight excluding hydrogens is 407 g/mol. The molecule has 1 aliphatic rings. The summed E-state index contributed by atoms with van der Waals surface area (Å²) in [6, 6.07) is 13.3. The van der Waals surface area contributed by atoms with E-state index in [1.54, 1.807) is 11.5 Å². The van der Waals surface area contributed by atoms with Gasteiger partial charge in [-0.3, -0.25) is 13.9 Å². The van der Waals surface area contributed by atoms with E-state index in [9.17, 15) is 9.59 Å². The molecule has 1 aliphatic heterocycles. The van der Waals surface area contributed by atoms with E-state index in [-0.39, 0.29) is 18.8 Å². The zero-order valence-electron chi connectivity index (χ0n) is 19.5. The van der Waals surface area contributed by atoms with Crippen molar-refractivity contribution in [2.75, 3.05) is 6.61 Å². The number of aromatic nitrogens is 2. The first-order valence-electron chi connectivity index (χ1n) is 10.9. The van der Waals surface area contributed by atoms with Crippen molar-refractivity contribution in [1.29, 1.82) is 0 Å². The Morgan fingerprint density at radius 2 is 1.66 bits per heavy atom. The second kappa shape index (κ2) is 7.94. The third-order valence-electron chi connectivity index (χ3n) is 6.42. The number of esters is 1. The molecule has 7 nitrogen and oxygen atoms in total. The van der Waals surface area contributed by atoms with Gasteiger partial charge in [0, 0.05) is 0 Å². The van der Waals surface area contributed by atoms with Gasteiger partial charge in [-0.05, 0) is 70.8 Å². The fourth-order valence-electron chi connectivity index (χ4n) is 3.96.